The molecule has 0 unspecified atom stereocenters. The van der Waals surface area contributed by atoms with E-state index in [1.54, 1.807) is 0 Å². The lowest BCUT2D eigenvalue weighted by Crippen LogP contribution is -2.35. The maximum Gasteiger partial charge on any atom is 0.222 e. The summed E-state index contributed by atoms with van der Waals surface area (Å²) in [6, 6.07) is 0. The van der Waals surface area contributed by atoms with Crippen molar-refractivity contribution in [2.45, 2.75) is 64.2 Å². The van der Waals surface area contributed by atoms with Gasteiger partial charge in [0.25, 0.3) is 0 Å². The molecule has 1 aliphatic heterocycles. The Morgan fingerprint density at radius 1 is 0.938 bits per heavy atom. The Bertz CT molecular complexity index is 185. The van der Waals surface area contributed by atoms with E-state index >= 15 is 0 Å². The average molecular weight is 224 g/mol. The molecule has 0 bridgehead atoms. The summed E-state index contributed by atoms with van der Waals surface area (Å²) in [4.78, 5) is 13.9. The minimum Gasteiger partial charge on any atom is -0.343 e. The maximum atomic E-state index is 11.8. The summed E-state index contributed by atoms with van der Waals surface area (Å²) in [6.07, 6.45) is 11.6. The molecule has 16 heavy (non-hydrogen) atoms. The van der Waals surface area contributed by atoms with E-state index in [1.165, 1.54) is 44.9 Å². The van der Waals surface area contributed by atoms with Crippen LogP contribution in [0.25, 0.3) is 0 Å². The van der Waals surface area contributed by atoms with Gasteiger partial charge < -0.3 is 4.90 Å². The Labute approximate surface area is 100 Å². The van der Waals surface area contributed by atoms with E-state index in [-0.39, 0.29) is 0 Å². The maximum absolute atomic E-state index is 11.8. The SMILES string of the molecule is [CH2]CCCCCCCC(=O)N1CCCCC1. The van der Waals surface area contributed by atoms with Crippen LogP contribution in [0.2, 0.25) is 0 Å². The Hall–Kier alpha value is -0.530. The van der Waals surface area contributed by atoms with Crippen LogP contribution in [0.5, 0.6) is 0 Å². The molecule has 0 saturated carbocycles. The molecule has 1 fully saturated rings. The average Bonchev–Trinajstić information content (AvgIpc) is 2.34. The van der Waals surface area contributed by atoms with Crippen molar-refractivity contribution < 1.29 is 4.79 Å². The quantitative estimate of drug-likeness (QED) is 0.605. The number of hydrogen-bond acceptors (Lipinski definition) is 1. The van der Waals surface area contributed by atoms with Gasteiger partial charge in [0, 0.05) is 19.5 Å². The van der Waals surface area contributed by atoms with Gasteiger partial charge in [-0.05, 0) is 25.7 Å². The first-order valence-corrected chi connectivity index (χ1v) is 6.91. The molecule has 0 aromatic rings. The molecule has 0 atom stereocenters. The smallest absolute Gasteiger partial charge is 0.222 e. The standard InChI is InChI=1S/C14H26NO/c1-2-3-4-5-6-8-11-14(16)15-12-9-7-10-13-15/h1-13H2. The molecule has 1 amide bonds. The highest BCUT2D eigenvalue weighted by molar-refractivity contribution is 5.76. The van der Waals surface area contributed by atoms with Crippen LogP contribution in [0.15, 0.2) is 0 Å². The molecule has 2 nitrogen and oxygen atoms in total. The zero-order valence-corrected chi connectivity index (χ0v) is 10.5. The summed E-state index contributed by atoms with van der Waals surface area (Å²) < 4.78 is 0. The topological polar surface area (TPSA) is 20.3 Å². The third-order valence-corrected chi connectivity index (χ3v) is 3.35. The number of carbonyl (C=O) groups excluding carboxylic acids is 1. The van der Waals surface area contributed by atoms with Crippen LogP contribution in [0, 0.1) is 6.92 Å². The van der Waals surface area contributed by atoms with Crippen molar-refractivity contribution in [2.75, 3.05) is 13.1 Å². The predicted octanol–water partition coefficient (Wildman–Crippen LogP) is 3.56. The van der Waals surface area contributed by atoms with Crippen molar-refractivity contribution in [3.05, 3.63) is 6.92 Å². The molecule has 0 spiro atoms. The normalized spacial score (nSPS) is 16.4. The molecule has 1 radical (unpaired) electrons. The summed E-state index contributed by atoms with van der Waals surface area (Å²) in [7, 11) is 0. The van der Waals surface area contributed by atoms with Gasteiger partial charge in [-0.25, -0.2) is 0 Å². The van der Waals surface area contributed by atoms with Crippen LogP contribution in [-0.2, 0) is 4.79 Å². The number of hydrogen-bond donors (Lipinski definition) is 0. The summed E-state index contributed by atoms with van der Waals surface area (Å²) in [6.45, 7) is 5.83. The Morgan fingerprint density at radius 2 is 1.56 bits per heavy atom. The van der Waals surface area contributed by atoms with Gasteiger partial charge in [0.2, 0.25) is 5.91 Å². The van der Waals surface area contributed by atoms with Gasteiger partial charge in [0.05, 0.1) is 0 Å². The van der Waals surface area contributed by atoms with Gasteiger partial charge in [0.1, 0.15) is 0 Å². The van der Waals surface area contributed by atoms with Crippen LogP contribution in [0.1, 0.15) is 64.2 Å². The number of rotatable bonds is 7. The van der Waals surface area contributed by atoms with Crippen molar-refractivity contribution in [1.29, 1.82) is 0 Å². The molecule has 0 aliphatic carbocycles. The molecule has 0 aromatic carbocycles. The lowest BCUT2D eigenvalue weighted by molar-refractivity contribution is -0.132. The van der Waals surface area contributed by atoms with Crippen molar-refractivity contribution in [3.63, 3.8) is 0 Å². The van der Waals surface area contributed by atoms with Crippen LogP contribution in [0.4, 0.5) is 0 Å². The first-order valence-electron chi connectivity index (χ1n) is 6.91. The van der Waals surface area contributed by atoms with Gasteiger partial charge in [-0.1, -0.05) is 39.0 Å². The van der Waals surface area contributed by atoms with E-state index in [0.717, 1.165) is 32.4 Å². The minimum absolute atomic E-state index is 0.386. The van der Waals surface area contributed by atoms with E-state index in [0.29, 0.717) is 5.91 Å². The van der Waals surface area contributed by atoms with E-state index in [2.05, 4.69) is 11.8 Å². The van der Waals surface area contributed by atoms with E-state index in [9.17, 15) is 4.79 Å². The largest absolute Gasteiger partial charge is 0.343 e. The molecule has 0 aromatic heterocycles. The Balaban J connectivity index is 1.97. The van der Waals surface area contributed by atoms with E-state index in [1.807, 2.05) is 0 Å². The number of unbranched alkanes of at least 4 members (excludes halogenated alkanes) is 5. The molecule has 0 N–H and O–H groups in total. The van der Waals surface area contributed by atoms with E-state index in [4.69, 9.17) is 0 Å². The summed E-state index contributed by atoms with van der Waals surface area (Å²) in [5, 5.41) is 0. The molecule has 2 heteroatoms. The highest BCUT2D eigenvalue weighted by Crippen LogP contribution is 2.12. The summed E-state index contributed by atoms with van der Waals surface area (Å²) in [5.41, 5.74) is 0. The molecule has 1 saturated heterocycles. The second-order valence-electron chi connectivity index (χ2n) is 4.81. The van der Waals surface area contributed by atoms with Crippen LogP contribution in [0.3, 0.4) is 0 Å². The monoisotopic (exact) mass is 224 g/mol. The zero-order valence-electron chi connectivity index (χ0n) is 10.5. The highest BCUT2D eigenvalue weighted by Gasteiger charge is 2.15. The number of likely N-dealkylation sites (tertiary alicyclic amines) is 1. The van der Waals surface area contributed by atoms with Crippen molar-refractivity contribution in [2.24, 2.45) is 0 Å². The molecule has 1 rings (SSSR count). The molecule has 1 aliphatic rings. The molecule has 1 heterocycles. The first kappa shape index (κ1) is 13.5. The number of piperidine rings is 1. The molecular formula is C14H26NO. The van der Waals surface area contributed by atoms with Gasteiger partial charge in [-0.15, -0.1) is 0 Å². The van der Waals surface area contributed by atoms with E-state index < -0.39 is 0 Å². The first-order chi connectivity index (χ1) is 7.84. The summed E-state index contributed by atoms with van der Waals surface area (Å²) >= 11 is 0. The number of amides is 1. The van der Waals surface area contributed by atoms with Gasteiger partial charge >= 0.3 is 0 Å². The molecular weight excluding hydrogens is 198 g/mol. The van der Waals surface area contributed by atoms with Crippen LogP contribution in [-0.4, -0.2) is 23.9 Å². The second kappa shape index (κ2) is 8.60. The van der Waals surface area contributed by atoms with Crippen LogP contribution >= 0.6 is 0 Å². The lowest BCUT2D eigenvalue weighted by Gasteiger charge is -2.26. The minimum atomic E-state index is 0.386. The fraction of sp³-hybridized carbons (Fsp3) is 0.857. The predicted molar refractivity (Wildman–Crippen MR) is 68.1 cm³/mol. The fourth-order valence-electron chi connectivity index (χ4n) is 2.28. The van der Waals surface area contributed by atoms with Gasteiger partial charge in [-0.3, -0.25) is 4.79 Å². The van der Waals surface area contributed by atoms with Crippen molar-refractivity contribution >= 4 is 5.91 Å². The highest BCUT2D eigenvalue weighted by atomic mass is 16.2. The Kier molecular flexibility index (Phi) is 7.28. The lowest BCUT2D eigenvalue weighted by atomic mass is 10.1. The second-order valence-corrected chi connectivity index (χ2v) is 4.81. The van der Waals surface area contributed by atoms with Gasteiger partial charge in [-0.2, -0.15) is 0 Å². The number of carbonyl (C=O) groups is 1. The van der Waals surface area contributed by atoms with Crippen molar-refractivity contribution in [1.82, 2.24) is 4.90 Å². The molecule has 93 valence electrons. The van der Waals surface area contributed by atoms with Crippen LogP contribution < -0.4 is 0 Å². The zero-order chi connectivity index (χ0) is 11.6. The van der Waals surface area contributed by atoms with Gasteiger partial charge in [0.15, 0.2) is 0 Å². The third-order valence-electron chi connectivity index (χ3n) is 3.35. The third kappa shape index (κ3) is 5.53. The van der Waals surface area contributed by atoms with Crippen molar-refractivity contribution in [3.8, 4) is 0 Å². The Morgan fingerprint density at radius 3 is 2.25 bits per heavy atom. The number of nitrogens with zero attached hydrogens (tertiary/aromatic N) is 1. The fourth-order valence-corrected chi connectivity index (χ4v) is 2.28. The summed E-state index contributed by atoms with van der Waals surface area (Å²) in [5.74, 6) is 0.386.